The van der Waals surface area contributed by atoms with E-state index in [0.717, 1.165) is 12.1 Å². The predicted molar refractivity (Wildman–Crippen MR) is 149 cm³/mol. The lowest BCUT2D eigenvalue weighted by Gasteiger charge is -2.47. The second-order valence-corrected chi connectivity index (χ2v) is 9.96. The number of ether oxygens (including phenoxy) is 4. The number of rotatable bonds is 8. The van der Waals surface area contributed by atoms with E-state index in [-0.39, 0.29) is 0 Å². The van der Waals surface area contributed by atoms with Crippen LogP contribution in [0.15, 0.2) is 49.1 Å². The van der Waals surface area contributed by atoms with Gasteiger partial charge in [-0.1, -0.05) is 6.58 Å². The molecule has 250 valence electrons. The van der Waals surface area contributed by atoms with Gasteiger partial charge in [0, 0.05) is 0 Å². The van der Waals surface area contributed by atoms with Crippen LogP contribution in [0.1, 0.15) is 31.1 Å². The number of aromatic hydroxyl groups is 9. The second kappa shape index (κ2) is 12.7. The van der Waals surface area contributed by atoms with E-state index in [4.69, 9.17) is 18.9 Å². The topological polar surface area (TPSA) is 311 Å². The highest BCUT2D eigenvalue weighted by atomic mass is 16.7. The maximum atomic E-state index is 13.1. The fourth-order valence-electron chi connectivity index (χ4n) is 4.37. The summed E-state index contributed by atoms with van der Waals surface area (Å²) in [5.41, 5.74) is -1.71. The van der Waals surface area contributed by atoms with Crippen molar-refractivity contribution < 1.29 is 89.5 Å². The number of carbonyl (C=O) groups excluding carboxylic acids is 3. The summed E-state index contributed by atoms with van der Waals surface area (Å²) in [6, 6.07) is 4.13. The van der Waals surface area contributed by atoms with Crippen LogP contribution in [-0.2, 0) is 18.9 Å². The minimum atomic E-state index is -2.77. The number of aliphatic hydroxyl groups excluding tert-OH is 2. The molecule has 0 unspecified atom stereocenters. The molecular formula is C29H26O18. The first-order chi connectivity index (χ1) is 22.0. The lowest BCUT2D eigenvalue weighted by atomic mass is 9.92. The Bertz CT molecular complexity index is 1680. The zero-order valence-electron chi connectivity index (χ0n) is 23.5. The first-order valence-electron chi connectivity index (χ1n) is 13.0. The molecule has 0 aromatic heterocycles. The fraction of sp³-hybridized carbons (Fsp3) is 0.207. The van der Waals surface area contributed by atoms with Gasteiger partial charge in [0.15, 0.2) is 64.0 Å². The third kappa shape index (κ3) is 6.50. The number of hydrogen-bond donors (Lipinski definition) is 11. The zero-order chi connectivity index (χ0) is 35.0. The summed E-state index contributed by atoms with van der Waals surface area (Å²) in [6.07, 6.45) is -7.78. The van der Waals surface area contributed by atoms with Crippen molar-refractivity contribution in [1.29, 1.82) is 0 Å². The zero-order valence-corrected chi connectivity index (χ0v) is 23.5. The molecule has 4 rings (SSSR count). The van der Waals surface area contributed by atoms with E-state index in [2.05, 4.69) is 6.58 Å². The van der Waals surface area contributed by atoms with Crippen molar-refractivity contribution in [2.45, 2.75) is 30.2 Å². The fourth-order valence-corrected chi connectivity index (χ4v) is 4.37. The summed E-state index contributed by atoms with van der Waals surface area (Å²) in [6.45, 7) is 2.46. The van der Waals surface area contributed by atoms with Crippen molar-refractivity contribution in [3.63, 3.8) is 0 Å². The van der Waals surface area contributed by atoms with Crippen LogP contribution in [0, 0.1) is 0 Å². The van der Waals surface area contributed by atoms with Gasteiger partial charge in [0.2, 0.25) is 0 Å². The van der Waals surface area contributed by atoms with Gasteiger partial charge in [-0.2, -0.15) is 0 Å². The number of hydrogen-bond acceptors (Lipinski definition) is 18. The molecule has 11 N–H and O–H groups in total. The van der Waals surface area contributed by atoms with Crippen molar-refractivity contribution in [2.24, 2.45) is 0 Å². The van der Waals surface area contributed by atoms with Gasteiger partial charge in [-0.25, -0.2) is 14.4 Å². The van der Waals surface area contributed by atoms with Gasteiger partial charge in [-0.05, 0) is 42.5 Å². The van der Waals surface area contributed by atoms with Crippen LogP contribution < -0.4 is 0 Å². The summed E-state index contributed by atoms with van der Waals surface area (Å²) in [5, 5.41) is 110. The molecule has 5 atom stereocenters. The Labute approximate surface area is 262 Å². The van der Waals surface area contributed by atoms with E-state index < -0.39 is 123 Å². The van der Waals surface area contributed by atoms with Crippen LogP contribution in [0.4, 0.5) is 0 Å². The van der Waals surface area contributed by atoms with Gasteiger partial charge in [-0.3, -0.25) is 0 Å². The molecule has 3 aromatic rings. The Hall–Kier alpha value is -6.11. The van der Waals surface area contributed by atoms with Gasteiger partial charge in [0.1, 0.15) is 18.8 Å². The first kappa shape index (κ1) is 33.8. The Kier molecular flexibility index (Phi) is 9.14. The number of carbonyl (C=O) groups is 3. The van der Waals surface area contributed by atoms with E-state index in [0.29, 0.717) is 30.3 Å². The van der Waals surface area contributed by atoms with E-state index >= 15 is 0 Å². The number of esters is 3. The van der Waals surface area contributed by atoms with Crippen LogP contribution in [0.2, 0.25) is 0 Å². The summed E-state index contributed by atoms with van der Waals surface area (Å²) >= 11 is 0. The van der Waals surface area contributed by atoms with Gasteiger partial charge >= 0.3 is 17.9 Å². The highest BCUT2D eigenvalue weighted by Crippen LogP contribution is 2.40. The maximum Gasteiger partial charge on any atom is 0.341 e. The average molecular weight is 663 g/mol. The lowest BCUT2D eigenvalue weighted by molar-refractivity contribution is -0.323. The van der Waals surface area contributed by atoms with Crippen LogP contribution >= 0.6 is 0 Å². The molecule has 1 aliphatic rings. The number of phenols is 9. The molecule has 18 heteroatoms. The van der Waals surface area contributed by atoms with Crippen molar-refractivity contribution in [2.75, 3.05) is 6.61 Å². The number of benzene rings is 3. The molecule has 1 fully saturated rings. The standard InChI is InChI=1S/C29H26O18/c1-2-29(47-28(43)12-7-17(34)22(38)18(35)8-12)25(40)24(45-27(42)11-5-15(32)21(37)16(33)6-11)23(39)19(46-29)9-44-26(41)10-3-13(30)20(36)14(31)4-10/h2-8,19,23-25,30-40H,1,9H2/t19-,23-,24+,25-,29+/m1/s1. The summed E-state index contributed by atoms with van der Waals surface area (Å²) in [7, 11) is 0. The Balaban J connectivity index is 1.68. The van der Waals surface area contributed by atoms with Gasteiger partial charge < -0.3 is 75.1 Å². The third-order valence-electron chi connectivity index (χ3n) is 6.85. The van der Waals surface area contributed by atoms with Gasteiger partial charge in [-0.15, -0.1) is 0 Å². The highest BCUT2D eigenvalue weighted by Gasteiger charge is 2.57. The predicted octanol–water partition coefficient (Wildman–Crippen LogP) is 0.279. The Morgan fingerprint density at radius 3 is 1.47 bits per heavy atom. The van der Waals surface area contributed by atoms with Gasteiger partial charge in [0.05, 0.1) is 16.7 Å². The maximum absolute atomic E-state index is 13.1. The summed E-state index contributed by atoms with van der Waals surface area (Å²) < 4.78 is 21.1. The van der Waals surface area contributed by atoms with Crippen molar-refractivity contribution in [3.8, 4) is 51.7 Å². The SMILES string of the molecule is C=C[C@@]1(OC(=O)c2cc(O)c(O)c(O)c2)O[C@H](COC(=O)c2cc(O)c(O)c(O)c2)[C@@H](O)[C@H](OC(=O)c2cc(O)c(O)c(O)c2)[C@H]1O. The van der Waals surface area contributed by atoms with Crippen molar-refractivity contribution >= 4 is 17.9 Å². The van der Waals surface area contributed by atoms with Crippen molar-refractivity contribution in [1.82, 2.24) is 0 Å². The van der Waals surface area contributed by atoms with Crippen LogP contribution in [0.3, 0.4) is 0 Å². The summed E-state index contributed by atoms with van der Waals surface area (Å²) in [4.78, 5) is 38.7. The molecule has 0 saturated carbocycles. The first-order valence-corrected chi connectivity index (χ1v) is 13.0. The average Bonchev–Trinajstić information content (AvgIpc) is 3.02. The molecule has 0 spiro atoms. The van der Waals surface area contributed by atoms with Crippen molar-refractivity contribution in [3.05, 3.63) is 65.7 Å². The molecule has 0 aliphatic carbocycles. The van der Waals surface area contributed by atoms with E-state index in [1.54, 1.807) is 0 Å². The van der Waals surface area contributed by atoms with Crippen LogP contribution in [0.5, 0.6) is 51.7 Å². The smallest absolute Gasteiger partial charge is 0.341 e. The van der Waals surface area contributed by atoms with Crippen LogP contribution in [0.25, 0.3) is 0 Å². The quantitative estimate of drug-likeness (QED) is 0.0667. The monoisotopic (exact) mass is 662 g/mol. The van der Waals surface area contributed by atoms with E-state index in [9.17, 15) is 70.6 Å². The molecule has 0 amide bonds. The minimum Gasteiger partial charge on any atom is -0.504 e. The molecular weight excluding hydrogens is 636 g/mol. The van der Waals surface area contributed by atoms with E-state index in [1.807, 2.05) is 0 Å². The minimum absolute atomic E-state index is 0.494. The highest BCUT2D eigenvalue weighted by molar-refractivity contribution is 5.92. The third-order valence-corrected chi connectivity index (χ3v) is 6.85. The largest absolute Gasteiger partial charge is 0.504 e. The molecule has 3 aromatic carbocycles. The van der Waals surface area contributed by atoms with Crippen LogP contribution in [-0.4, -0.2) is 111 Å². The number of phenolic OH excluding ortho intramolecular Hbond substituents is 9. The normalized spacial score (nSPS) is 22.2. The number of aliphatic hydroxyl groups is 2. The lowest BCUT2D eigenvalue weighted by Crippen LogP contribution is -2.66. The van der Waals surface area contributed by atoms with Gasteiger partial charge in [0.25, 0.3) is 5.79 Å². The molecule has 18 nitrogen and oxygen atoms in total. The Morgan fingerprint density at radius 2 is 1.06 bits per heavy atom. The molecule has 1 heterocycles. The molecule has 0 bridgehead atoms. The second-order valence-electron chi connectivity index (χ2n) is 9.96. The summed E-state index contributed by atoms with van der Waals surface area (Å²) in [5.74, 6) is -15.4. The molecule has 1 aliphatic heterocycles. The molecule has 0 radical (unpaired) electrons. The molecule has 47 heavy (non-hydrogen) atoms. The Morgan fingerprint density at radius 1 is 0.681 bits per heavy atom. The van der Waals surface area contributed by atoms with E-state index in [1.165, 1.54) is 0 Å². The molecule has 1 saturated heterocycles.